The van der Waals surface area contributed by atoms with Crippen molar-refractivity contribution in [2.75, 3.05) is 13.2 Å². The standard InChI is InChI=1S/C18H22N4O2/c1-11-16(17(22-21-11)13-2-3-13)18(23)20-15-10-24-9-14(15)8-12-4-6-19-7-5-12/h4-7,13-15H,2-3,8-10H2,1H3,(H,20,23)(H,21,22)/t14-,15+/m1/s1. The zero-order valence-electron chi connectivity index (χ0n) is 13.8. The molecule has 1 amide bonds. The summed E-state index contributed by atoms with van der Waals surface area (Å²) in [4.78, 5) is 16.8. The fourth-order valence-corrected chi connectivity index (χ4v) is 3.41. The van der Waals surface area contributed by atoms with Crippen molar-refractivity contribution in [3.05, 3.63) is 47.0 Å². The Morgan fingerprint density at radius 3 is 2.88 bits per heavy atom. The van der Waals surface area contributed by atoms with Crippen molar-refractivity contribution in [1.29, 1.82) is 0 Å². The van der Waals surface area contributed by atoms with Crippen molar-refractivity contribution >= 4 is 5.91 Å². The number of carbonyl (C=O) groups excluding carboxylic acids is 1. The van der Waals surface area contributed by atoms with E-state index in [-0.39, 0.29) is 17.9 Å². The second kappa shape index (κ2) is 6.36. The Labute approximate surface area is 141 Å². The molecule has 0 spiro atoms. The molecule has 24 heavy (non-hydrogen) atoms. The lowest BCUT2D eigenvalue weighted by Gasteiger charge is -2.19. The molecule has 2 N–H and O–H groups in total. The molecule has 0 aromatic carbocycles. The van der Waals surface area contributed by atoms with Crippen LogP contribution < -0.4 is 5.32 Å². The molecule has 2 aromatic heterocycles. The van der Waals surface area contributed by atoms with Crippen molar-refractivity contribution in [1.82, 2.24) is 20.5 Å². The molecular formula is C18H22N4O2. The van der Waals surface area contributed by atoms with Crippen LogP contribution in [-0.2, 0) is 11.2 Å². The third-order valence-corrected chi connectivity index (χ3v) is 4.93. The molecule has 2 atom stereocenters. The first-order valence-electron chi connectivity index (χ1n) is 8.54. The lowest BCUT2D eigenvalue weighted by Crippen LogP contribution is -2.41. The summed E-state index contributed by atoms with van der Waals surface area (Å²) in [5, 5.41) is 10.5. The number of amides is 1. The van der Waals surface area contributed by atoms with Crippen LogP contribution in [0.2, 0.25) is 0 Å². The van der Waals surface area contributed by atoms with Crippen LogP contribution in [0.15, 0.2) is 24.5 Å². The summed E-state index contributed by atoms with van der Waals surface area (Å²) in [6, 6.07) is 4.07. The number of aromatic nitrogens is 3. The maximum atomic E-state index is 12.8. The molecule has 0 unspecified atom stereocenters. The van der Waals surface area contributed by atoms with Crippen LogP contribution in [0.5, 0.6) is 0 Å². The average Bonchev–Trinajstić information content (AvgIpc) is 3.23. The Morgan fingerprint density at radius 1 is 1.33 bits per heavy atom. The lowest BCUT2D eigenvalue weighted by atomic mass is 9.95. The van der Waals surface area contributed by atoms with Gasteiger partial charge in [-0.3, -0.25) is 14.9 Å². The monoisotopic (exact) mass is 326 g/mol. The Bertz CT molecular complexity index is 724. The molecule has 3 heterocycles. The van der Waals surface area contributed by atoms with E-state index in [1.54, 1.807) is 12.4 Å². The van der Waals surface area contributed by atoms with Gasteiger partial charge in [0, 0.05) is 29.9 Å². The first kappa shape index (κ1) is 15.3. The third kappa shape index (κ3) is 3.06. The van der Waals surface area contributed by atoms with Gasteiger partial charge in [0.25, 0.3) is 5.91 Å². The first-order valence-corrected chi connectivity index (χ1v) is 8.54. The molecule has 1 saturated heterocycles. The van der Waals surface area contributed by atoms with Gasteiger partial charge < -0.3 is 10.1 Å². The van der Waals surface area contributed by atoms with E-state index in [0.29, 0.717) is 19.1 Å². The number of hydrogen-bond donors (Lipinski definition) is 2. The predicted molar refractivity (Wildman–Crippen MR) is 88.8 cm³/mol. The highest BCUT2D eigenvalue weighted by atomic mass is 16.5. The number of nitrogens with one attached hydrogen (secondary N) is 2. The molecule has 0 radical (unpaired) electrons. The van der Waals surface area contributed by atoms with E-state index >= 15 is 0 Å². The van der Waals surface area contributed by atoms with Gasteiger partial charge in [-0.2, -0.15) is 5.10 Å². The largest absolute Gasteiger partial charge is 0.379 e. The van der Waals surface area contributed by atoms with Crippen LogP contribution >= 0.6 is 0 Å². The molecule has 6 nitrogen and oxygen atoms in total. The van der Waals surface area contributed by atoms with Crippen LogP contribution in [0.25, 0.3) is 0 Å². The molecule has 2 aliphatic rings. The number of nitrogens with zero attached hydrogens (tertiary/aromatic N) is 2. The normalized spacial score (nSPS) is 23.4. The van der Waals surface area contributed by atoms with E-state index in [1.807, 2.05) is 19.1 Å². The van der Waals surface area contributed by atoms with Gasteiger partial charge in [-0.25, -0.2) is 0 Å². The van der Waals surface area contributed by atoms with Crippen molar-refractivity contribution in [3.63, 3.8) is 0 Å². The summed E-state index contributed by atoms with van der Waals surface area (Å²) in [7, 11) is 0. The molecule has 6 heteroatoms. The van der Waals surface area contributed by atoms with Crippen molar-refractivity contribution in [2.24, 2.45) is 5.92 Å². The molecule has 2 fully saturated rings. The van der Waals surface area contributed by atoms with Gasteiger partial charge >= 0.3 is 0 Å². The maximum absolute atomic E-state index is 12.8. The van der Waals surface area contributed by atoms with Crippen LogP contribution in [-0.4, -0.2) is 40.3 Å². The molecule has 1 aliphatic carbocycles. The number of ether oxygens (including phenoxy) is 1. The molecule has 1 aliphatic heterocycles. The zero-order chi connectivity index (χ0) is 16.5. The Kier molecular flexibility index (Phi) is 4.06. The van der Waals surface area contributed by atoms with Gasteiger partial charge in [0.2, 0.25) is 0 Å². The highest BCUT2D eigenvalue weighted by Gasteiger charge is 2.35. The average molecular weight is 326 g/mol. The van der Waals surface area contributed by atoms with Gasteiger partial charge in [-0.15, -0.1) is 0 Å². The van der Waals surface area contributed by atoms with E-state index < -0.39 is 0 Å². The Morgan fingerprint density at radius 2 is 2.12 bits per heavy atom. The van der Waals surface area contributed by atoms with Gasteiger partial charge in [0.05, 0.1) is 30.5 Å². The number of carbonyl (C=O) groups is 1. The molecule has 1 saturated carbocycles. The lowest BCUT2D eigenvalue weighted by molar-refractivity contribution is 0.0923. The van der Waals surface area contributed by atoms with Gasteiger partial charge in [-0.1, -0.05) is 0 Å². The van der Waals surface area contributed by atoms with E-state index in [1.165, 1.54) is 5.56 Å². The highest BCUT2D eigenvalue weighted by Crippen LogP contribution is 2.41. The summed E-state index contributed by atoms with van der Waals surface area (Å²) < 4.78 is 5.63. The summed E-state index contributed by atoms with van der Waals surface area (Å²) in [5.41, 5.74) is 3.72. The Hall–Kier alpha value is -2.21. The van der Waals surface area contributed by atoms with E-state index in [9.17, 15) is 4.79 Å². The summed E-state index contributed by atoms with van der Waals surface area (Å²) >= 11 is 0. The highest BCUT2D eigenvalue weighted by molar-refractivity contribution is 5.97. The molecule has 0 bridgehead atoms. The smallest absolute Gasteiger partial charge is 0.255 e. The molecule has 2 aromatic rings. The minimum absolute atomic E-state index is 0.0293. The van der Waals surface area contributed by atoms with Crippen LogP contribution in [0.3, 0.4) is 0 Å². The van der Waals surface area contributed by atoms with Crippen molar-refractivity contribution in [3.8, 4) is 0 Å². The van der Waals surface area contributed by atoms with E-state index in [2.05, 4.69) is 20.5 Å². The second-order valence-corrected chi connectivity index (χ2v) is 6.82. The second-order valence-electron chi connectivity index (χ2n) is 6.82. The molecule has 4 rings (SSSR count). The molecule has 126 valence electrons. The number of hydrogen-bond acceptors (Lipinski definition) is 4. The number of pyridine rings is 1. The van der Waals surface area contributed by atoms with Crippen LogP contribution in [0, 0.1) is 12.8 Å². The molecular weight excluding hydrogens is 304 g/mol. The quantitative estimate of drug-likeness (QED) is 0.880. The third-order valence-electron chi connectivity index (χ3n) is 4.93. The fourth-order valence-electron chi connectivity index (χ4n) is 3.41. The number of aryl methyl sites for hydroxylation is 1. The van der Waals surface area contributed by atoms with Crippen LogP contribution in [0.4, 0.5) is 0 Å². The maximum Gasteiger partial charge on any atom is 0.255 e. The fraction of sp³-hybridized carbons (Fsp3) is 0.500. The first-order chi connectivity index (χ1) is 11.7. The van der Waals surface area contributed by atoms with Crippen molar-refractivity contribution < 1.29 is 9.53 Å². The zero-order valence-corrected chi connectivity index (χ0v) is 13.8. The number of rotatable bonds is 5. The van der Waals surface area contributed by atoms with Gasteiger partial charge in [0.1, 0.15) is 0 Å². The van der Waals surface area contributed by atoms with Crippen LogP contribution in [0.1, 0.15) is 46.1 Å². The Balaban J connectivity index is 1.46. The minimum atomic E-state index is -0.0293. The van der Waals surface area contributed by atoms with E-state index in [4.69, 9.17) is 4.74 Å². The number of aromatic amines is 1. The predicted octanol–water partition coefficient (Wildman–Crippen LogP) is 1.98. The van der Waals surface area contributed by atoms with Gasteiger partial charge in [-0.05, 0) is 43.9 Å². The minimum Gasteiger partial charge on any atom is -0.379 e. The summed E-state index contributed by atoms with van der Waals surface area (Å²) in [5.74, 6) is 0.703. The topological polar surface area (TPSA) is 79.9 Å². The van der Waals surface area contributed by atoms with E-state index in [0.717, 1.165) is 36.2 Å². The van der Waals surface area contributed by atoms with Gasteiger partial charge in [0.15, 0.2) is 0 Å². The summed E-state index contributed by atoms with van der Waals surface area (Å²) in [6.45, 7) is 3.15. The SMILES string of the molecule is Cc1[nH]nc(C2CC2)c1C(=O)N[C@H]1COC[C@H]1Cc1ccncc1. The van der Waals surface area contributed by atoms with Crippen molar-refractivity contribution in [2.45, 2.75) is 38.1 Å². The summed E-state index contributed by atoms with van der Waals surface area (Å²) in [6.07, 6.45) is 6.74. The number of H-pyrrole nitrogens is 1.